The van der Waals surface area contributed by atoms with E-state index in [4.69, 9.17) is 4.74 Å². The highest BCUT2D eigenvalue weighted by atomic mass is 19.1. The van der Waals surface area contributed by atoms with Gasteiger partial charge >= 0.3 is 0 Å². The zero-order valence-corrected chi connectivity index (χ0v) is 15.3. The van der Waals surface area contributed by atoms with Crippen molar-refractivity contribution in [3.63, 3.8) is 0 Å². The highest BCUT2D eigenvalue weighted by Crippen LogP contribution is 2.12. The largest absolute Gasteiger partial charge is 0.389 e. The van der Waals surface area contributed by atoms with E-state index in [0.717, 1.165) is 5.56 Å². The number of aliphatic hydroxyl groups is 1. The molecule has 0 aromatic heterocycles. The average molecular weight is 372 g/mol. The Hall–Kier alpha value is -2.28. The Balaban J connectivity index is 1.39. The first-order valence-corrected chi connectivity index (χ1v) is 9.19. The highest BCUT2D eigenvalue weighted by Gasteiger charge is 2.24. The lowest BCUT2D eigenvalue weighted by Gasteiger charge is -2.35. The van der Waals surface area contributed by atoms with Gasteiger partial charge in [-0.25, -0.2) is 4.39 Å². The number of amides is 1. The Bertz CT molecular complexity index is 733. The molecule has 0 spiro atoms. The van der Waals surface area contributed by atoms with Crippen LogP contribution >= 0.6 is 0 Å². The molecule has 1 N–H and O–H groups in total. The van der Waals surface area contributed by atoms with Gasteiger partial charge in [-0.15, -0.1) is 0 Å². The smallest absolute Gasteiger partial charge is 0.256 e. The van der Waals surface area contributed by atoms with Gasteiger partial charge in [0, 0.05) is 32.7 Å². The van der Waals surface area contributed by atoms with Crippen molar-refractivity contribution >= 4 is 5.91 Å². The molecule has 0 bridgehead atoms. The van der Waals surface area contributed by atoms with E-state index in [0.29, 0.717) is 39.3 Å². The Labute approximate surface area is 159 Å². The van der Waals surface area contributed by atoms with Crippen molar-refractivity contribution in [3.8, 4) is 0 Å². The van der Waals surface area contributed by atoms with Crippen LogP contribution in [0.3, 0.4) is 0 Å². The molecule has 1 atom stereocenters. The molecule has 1 aliphatic rings. The van der Waals surface area contributed by atoms with Crippen molar-refractivity contribution in [2.75, 3.05) is 39.3 Å². The first-order valence-electron chi connectivity index (χ1n) is 9.19. The zero-order valence-electron chi connectivity index (χ0n) is 15.3. The van der Waals surface area contributed by atoms with E-state index in [2.05, 4.69) is 4.90 Å². The first kappa shape index (κ1) is 19.5. The minimum Gasteiger partial charge on any atom is -0.389 e. The maximum absolute atomic E-state index is 13.8. The molecule has 1 heterocycles. The second-order valence-electron chi connectivity index (χ2n) is 6.73. The monoisotopic (exact) mass is 372 g/mol. The number of piperazine rings is 1. The molecule has 3 rings (SSSR count). The van der Waals surface area contributed by atoms with Crippen molar-refractivity contribution < 1.29 is 19.0 Å². The number of carbonyl (C=O) groups excluding carboxylic acids is 1. The number of carbonyl (C=O) groups is 1. The van der Waals surface area contributed by atoms with Crippen molar-refractivity contribution in [2.45, 2.75) is 12.7 Å². The van der Waals surface area contributed by atoms with Gasteiger partial charge in [-0.3, -0.25) is 9.69 Å². The van der Waals surface area contributed by atoms with Crippen LogP contribution in [0.1, 0.15) is 15.9 Å². The molecular weight excluding hydrogens is 347 g/mol. The van der Waals surface area contributed by atoms with E-state index in [1.165, 1.54) is 12.1 Å². The summed E-state index contributed by atoms with van der Waals surface area (Å²) in [5, 5.41) is 10.2. The van der Waals surface area contributed by atoms with Crippen LogP contribution in [0.2, 0.25) is 0 Å². The standard InChI is InChI=1S/C21H25FN2O3/c22-20-9-5-4-8-19(20)21(26)24-12-10-23(11-13-24)14-18(25)16-27-15-17-6-2-1-3-7-17/h1-9,18,25H,10-16H2/t18-/m1/s1. The Morgan fingerprint density at radius 1 is 1.04 bits per heavy atom. The third kappa shape index (κ3) is 5.60. The van der Waals surface area contributed by atoms with Crippen molar-refractivity contribution in [2.24, 2.45) is 0 Å². The summed E-state index contributed by atoms with van der Waals surface area (Å²) in [6, 6.07) is 15.9. The van der Waals surface area contributed by atoms with Crippen LogP contribution in [0.15, 0.2) is 54.6 Å². The zero-order chi connectivity index (χ0) is 19.1. The van der Waals surface area contributed by atoms with Crippen molar-refractivity contribution in [1.82, 2.24) is 9.80 Å². The summed E-state index contributed by atoms with van der Waals surface area (Å²) in [4.78, 5) is 16.2. The topological polar surface area (TPSA) is 53.0 Å². The fourth-order valence-electron chi connectivity index (χ4n) is 3.18. The van der Waals surface area contributed by atoms with Crippen LogP contribution in [0, 0.1) is 5.82 Å². The molecule has 1 saturated heterocycles. The van der Waals surface area contributed by atoms with Gasteiger partial charge in [0.05, 0.1) is 24.9 Å². The molecule has 0 radical (unpaired) electrons. The van der Waals surface area contributed by atoms with Crippen LogP contribution in [0.4, 0.5) is 4.39 Å². The van der Waals surface area contributed by atoms with Gasteiger partial charge in [-0.2, -0.15) is 0 Å². The number of hydrogen-bond acceptors (Lipinski definition) is 4. The Morgan fingerprint density at radius 2 is 1.70 bits per heavy atom. The predicted molar refractivity (Wildman–Crippen MR) is 101 cm³/mol. The molecule has 0 saturated carbocycles. The number of rotatable bonds is 7. The number of hydrogen-bond donors (Lipinski definition) is 1. The van der Waals surface area contributed by atoms with Gasteiger partial charge in [0.2, 0.25) is 0 Å². The second-order valence-corrected chi connectivity index (χ2v) is 6.73. The van der Waals surface area contributed by atoms with Gasteiger partial charge < -0.3 is 14.7 Å². The van der Waals surface area contributed by atoms with Gasteiger partial charge in [0.1, 0.15) is 5.82 Å². The molecule has 1 fully saturated rings. The molecule has 0 unspecified atom stereocenters. The van der Waals surface area contributed by atoms with Crippen LogP contribution in [0.5, 0.6) is 0 Å². The Kier molecular flexibility index (Phi) is 6.92. The lowest BCUT2D eigenvalue weighted by atomic mass is 10.1. The van der Waals surface area contributed by atoms with Gasteiger partial charge in [0.15, 0.2) is 0 Å². The quantitative estimate of drug-likeness (QED) is 0.809. The summed E-state index contributed by atoms with van der Waals surface area (Å²) < 4.78 is 19.4. The average Bonchev–Trinajstić information content (AvgIpc) is 2.69. The highest BCUT2D eigenvalue weighted by molar-refractivity contribution is 5.94. The predicted octanol–water partition coefficient (Wildman–Crippen LogP) is 2.16. The molecule has 1 aliphatic heterocycles. The molecule has 1 amide bonds. The molecule has 27 heavy (non-hydrogen) atoms. The van der Waals surface area contributed by atoms with Crippen molar-refractivity contribution in [3.05, 3.63) is 71.5 Å². The summed E-state index contributed by atoms with van der Waals surface area (Å²) >= 11 is 0. The Morgan fingerprint density at radius 3 is 2.41 bits per heavy atom. The second kappa shape index (κ2) is 9.60. The van der Waals surface area contributed by atoms with E-state index in [9.17, 15) is 14.3 Å². The van der Waals surface area contributed by atoms with Crippen LogP contribution in [-0.2, 0) is 11.3 Å². The fourth-order valence-corrected chi connectivity index (χ4v) is 3.18. The summed E-state index contributed by atoms with van der Waals surface area (Å²) in [6.45, 7) is 3.57. The summed E-state index contributed by atoms with van der Waals surface area (Å²) in [6.07, 6.45) is -0.581. The van der Waals surface area contributed by atoms with Crippen LogP contribution in [-0.4, -0.2) is 66.2 Å². The fraction of sp³-hybridized carbons (Fsp3) is 0.381. The van der Waals surface area contributed by atoms with Gasteiger partial charge in [-0.05, 0) is 17.7 Å². The first-order chi connectivity index (χ1) is 13.1. The van der Waals surface area contributed by atoms with Gasteiger partial charge in [-0.1, -0.05) is 42.5 Å². The number of aliphatic hydroxyl groups excluding tert-OH is 1. The molecule has 144 valence electrons. The minimum absolute atomic E-state index is 0.111. The summed E-state index contributed by atoms with van der Waals surface area (Å²) in [5.74, 6) is -0.768. The molecule has 2 aromatic rings. The van der Waals surface area contributed by atoms with E-state index in [1.54, 1.807) is 17.0 Å². The normalized spacial score (nSPS) is 16.3. The maximum Gasteiger partial charge on any atom is 0.256 e. The number of ether oxygens (including phenoxy) is 1. The number of β-amino-alcohol motifs (C(OH)–C–C–N with tert-alkyl or cyclic N) is 1. The molecule has 6 heteroatoms. The number of benzene rings is 2. The van der Waals surface area contributed by atoms with Crippen LogP contribution < -0.4 is 0 Å². The third-order valence-electron chi connectivity index (χ3n) is 4.65. The molecule has 2 aromatic carbocycles. The summed E-state index contributed by atoms with van der Waals surface area (Å²) in [5.41, 5.74) is 1.19. The number of halogens is 1. The molecule has 5 nitrogen and oxygen atoms in total. The third-order valence-corrected chi connectivity index (χ3v) is 4.65. The van der Waals surface area contributed by atoms with E-state index in [-0.39, 0.29) is 18.1 Å². The van der Waals surface area contributed by atoms with E-state index < -0.39 is 11.9 Å². The maximum atomic E-state index is 13.8. The molecule has 0 aliphatic carbocycles. The van der Waals surface area contributed by atoms with Crippen molar-refractivity contribution in [1.29, 1.82) is 0 Å². The van der Waals surface area contributed by atoms with Gasteiger partial charge in [0.25, 0.3) is 5.91 Å². The summed E-state index contributed by atoms with van der Waals surface area (Å²) in [7, 11) is 0. The van der Waals surface area contributed by atoms with Crippen LogP contribution in [0.25, 0.3) is 0 Å². The molecular formula is C21H25FN2O3. The van der Waals surface area contributed by atoms with E-state index >= 15 is 0 Å². The SMILES string of the molecule is O=C(c1ccccc1F)N1CCN(C[C@@H](O)COCc2ccccc2)CC1. The van der Waals surface area contributed by atoms with E-state index in [1.807, 2.05) is 30.3 Å². The minimum atomic E-state index is -0.581. The lowest BCUT2D eigenvalue weighted by molar-refractivity contribution is 0.00202. The number of nitrogens with zero attached hydrogens (tertiary/aromatic N) is 2. The lowest BCUT2D eigenvalue weighted by Crippen LogP contribution is -2.51.